The van der Waals surface area contributed by atoms with E-state index in [1.54, 1.807) is 26.6 Å². The minimum absolute atomic E-state index is 0.142. The van der Waals surface area contributed by atoms with Gasteiger partial charge in [0.2, 0.25) is 11.9 Å². The summed E-state index contributed by atoms with van der Waals surface area (Å²) in [6, 6.07) is 0. The molecule has 1 spiro atoms. The van der Waals surface area contributed by atoms with Crippen LogP contribution >= 0.6 is 0 Å². The molecule has 132 valence electrons. The number of carbonyl (C=O) groups is 1. The summed E-state index contributed by atoms with van der Waals surface area (Å²) in [5.41, 5.74) is 0.142. The predicted molar refractivity (Wildman–Crippen MR) is 90.2 cm³/mol. The largest absolute Gasteiger partial charge is 0.494 e. The lowest BCUT2D eigenvalue weighted by molar-refractivity contribution is -0.138. The molecule has 7 nitrogen and oxygen atoms in total. The molecule has 3 heterocycles. The van der Waals surface area contributed by atoms with Crippen LogP contribution in [0.3, 0.4) is 0 Å². The number of piperidine rings is 2. The summed E-state index contributed by atoms with van der Waals surface area (Å²) in [4.78, 5) is 25.2. The maximum Gasteiger partial charge on any atom is 0.225 e. The van der Waals surface area contributed by atoms with E-state index >= 15 is 0 Å². The quantitative estimate of drug-likeness (QED) is 0.809. The van der Waals surface area contributed by atoms with E-state index in [0.717, 1.165) is 44.8 Å². The van der Waals surface area contributed by atoms with Crippen molar-refractivity contribution in [2.75, 3.05) is 51.9 Å². The van der Waals surface area contributed by atoms with Crippen molar-refractivity contribution in [3.05, 3.63) is 12.4 Å². The molecule has 0 N–H and O–H groups in total. The summed E-state index contributed by atoms with van der Waals surface area (Å²) in [6.45, 7) is 3.93. The second-order valence-electron chi connectivity index (χ2n) is 6.76. The van der Waals surface area contributed by atoms with Crippen LogP contribution < -0.4 is 9.64 Å². The molecule has 2 aliphatic heterocycles. The molecule has 0 unspecified atom stereocenters. The zero-order valence-corrected chi connectivity index (χ0v) is 14.5. The zero-order valence-electron chi connectivity index (χ0n) is 14.5. The van der Waals surface area contributed by atoms with Crippen LogP contribution in [0.4, 0.5) is 5.95 Å². The van der Waals surface area contributed by atoms with E-state index in [4.69, 9.17) is 9.47 Å². The third-order valence-corrected chi connectivity index (χ3v) is 5.11. The van der Waals surface area contributed by atoms with E-state index in [2.05, 4.69) is 14.9 Å². The molecule has 0 saturated carbocycles. The number of ether oxygens (including phenoxy) is 2. The van der Waals surface area contributed by atoms with Gasteiger partial charge in [-0.05, 0) is 19.3 Å². The van der Waals surface area contributed by atoms with Crippen LogP contribution in [0.2, 0.25) is 0 Å². The minimum Gasteiger partial charge on any atom is -0.494 e. The van der Waals surface area contributed by atoms with Crippen molar-refractivity contribution in [2.45, 2.75) is 25.7 Å². The Hall–Kier alpha value is -1.89. The molecule has 0 bridgehead atoms. The highest BCUT2D eigenvalue weighted by molar-refractivity contribution is 5.77. The number of hydrogen-bond donors (Lipinski definition) is 0. The average molecular weight is 334 g/mol. The van der Waals surface area contributed by atoms with Crippen molar-refractivity contribution in [1.29, 1.82) is 0 Å². The van der Waals surface area contributed by atoms with Crippen molar-refractivity contribution in [1.82, 2.24) is 14.9 Å². The number of rotatable bonds is 5. The number of hydrogen-bond acceptors (Lipinski definition) is 6. The maximum absolute atomic E-state index is 12.2. The molecule has 2 aliphatic rings. The van der Waals surface area contributed by atoms with Gasteiger partial charge in [-0.2, -0.15) is 0 Å². The van der Waals surface area contributed by atoms with Gasteiger partial charge in [0.05, 0.1) is 26.1 Å². The van der Waals surface area contributed by atoms with Gasteiger partial charge in [0.1, 0.15) is 0 Å². The predicted octanol–water partition coefficient (Wildman–Crippen LogP) is 1.34. The van der Waals surface area contributed by atoms with Gasteiger partial charge < -0.3 is 19.3 Å². The van der Waals surface area contributed by atoms with Gasteiger partial charge in [-0.3, -0.25) is 4.79 Å². The minimum atomic E-state index is 0.142. The number of carbonyl (C=O) groups excluding carboxylic acids is 1. The lowest BCUT2D eigenvalue weighted by atomic mass is 9.73. The molecule has 24 heavy (non-hydrogen) atoms. The first-order valence-electron chi connectivity index (χ1n) is 8.53. The first-order valence-corrected chi connectivity index (χ1v) is 8.53. The number of methoxy groups -OCH3 is 2. The van der Waals surface area contributed by atoms with Crippen molar-refractivity contribution in [3.63, 3.8) is 0 Å². The van der Waals surface area contributed by atoms with Gasteiger partial charge in [0.25, 0.3) is 0 Å². The summed E-state index contributed by atoms with van der Waals surface area (Å²) in [5.74, 6) is 1.66. The van der Waals surface area contributed by atoms with Gasteiger partial charge >= 0.3 is 0 Å². The second-order valence-corrected chi connectivity index (χ2v) is 6.76. The van der Waals surface area contributed by atoms with E-state index in [9.17, 15) is 4.79 Å². The Bertz CT molecular complexity index is 565. The number of aromatic nitrogens is 2. The van der Waals surface area contributed by atoms with E-state index in [1.165, 1.54) is 0 Å². The van der Waals surface area contributed by atoms with Crippen molar-refractivity contribution in [2.24, 2.45) is 5.41 Å². The summed E-state index contributed by atoms with van der Waals surface area (Å²) in [5, 5.41) is 0. The fourth-order valence-corrected chi connectivity index (χ4v) is 3.80. The lowest BCUT2D eigenvalue weighted by Gasteiger charge is -2.48. The summed E-state index contributed by atoms with van der Waals surface area (Å²) in [6.07, 6.45) is 7.24. The smallest absolute Gasteiger partial charge is 0.225 e. The van der Waals surface area contributed by atoms with Gasteiger partial charge in [0, 0.05) is 45.1 Å². The van der Waals surface area contributed by atoms with Crippen molar-refractivity contribution >= 4 is 11.9 Å². The normalized spacial score (nSPS) is 24.5. The molecule has 2 fully saturated rings. The lowest BCUT2D eigenvalue weighted by Crippen LogP contribution is -2.54. The Labute approximate surface area is 143 Å². The number of anilines is 1. The Balaban J connectivity index is 1.70. The molecule has 2 saturated heterocycles. The van der Waals surface area contributed by atoms with Gasteiger partial charge in [-0.25, -0.2) is 9.97 Å². The van der Waals surface area contributed by atoms with Crippen LogP contribution in [-0.4, -0.2) is 67.8 Å². The van der Waals surface area contributed by atoms with Crippen LogP contribution in [0.15, 0.2) is 12.4 Å². The van der Waals surface area contributed by atoms with Crippen LogP contribution in [0.1, 0.15) is 25.7 Å². The molecule has 1 atom stereocenters. The second kappa shape index (κ2) is 7.34. The number of amides is 1. The maximum atomic E-state index is 12.2. The van der Waals surface area contributed by atoms with Crippen LogP contribution in [-0.2, 0) is 9.53 Å². The molecule has 3 rings (SSSR count). The molecule has 7 heteroatoms. The number of nitrogens with zero attached hydrogens (tertiary/aromatic N) is 4. The molecule has 1 aromatic heterocycles. The van der Waals surface area contributed by atoms with Gasteiger partial charge in [-0.15, -0.1) is 0 Å². The van der Waals surface area contributed by atoms with Crippen molar-refractivity contribution in [3.8, 4) is 5.75 Å². The Morgan fingerprint density at radius 3 is 2.71 bits per heavy atom. The van der Waals surface area contributed by atoms with Gasteiger partial charge in [0.15, 0.2) is 5.75 Å². The third-order valence-electron chi connectivity index (χ3n) is 5.11. The van der Waals surface area contributed by atoms with Crippen molar-refractivity contribution < 1.29 is 14.3 Å². The summed E-state index contributed by atoms with van der Waals surface area (Å²) < 4.78 is 10.3. The Kier molecular flexibility index (Phi) is 5.18. The van der Waals surface area contributed by atoms with Gasteiger partial charge in [-0.1, -0.05) is 0 Å². The van der Waals surface area contributed by atoms with Crippen LogP contribution in [0, 0.1) is 5.41 Å². The average Bonchev–Trinajstić information content (AvgIpc) is 2.63. The molecular weight excluding hydrogens is 308 g/mol. The standard InChI is InChI=1S/C17H26N4O3/c1-23-9-8-20-12-17(6-4-15(20)22)5-3-7-21(13-17)16-18-10-14(24-2)11-19-16/h10-11H,3-9,12-13H2,1-2H3/t17-/m0/s1. The molecule has 1 aromatic rings. The summed E-state index contributed by atoms with van der Waals surface area (Å²) in [7, 11) is 3.29. The van der Waals surface area contributed by atoms with E-state index < -0.39 is 0 Å². The topological polar surface area (TPSA) is 67.8 Å². The molecule has 0 aromatic carbocycles. The van der Waals surface area contributed by atoms with E-state index in [1.807, 2.05) is 4.90 Å². The highest BCUT2D eigenvalue weighted by atomic mass is 16.5. The Morgan fingerprint density at radius 2 is 2.00 bits per heavy atom. The zero-order chi connectivity index (χ0) is 17.0. The molecular formula is C17H26N4O3. The Morgan fingerprint density at radius 1 is 1.21 bits per heavy atom. The summed E-state index contributed by atoms with van der Waals surface area (Å²) >= 11 is 0. The SMILES string of the molecule is COCCN1C[C@]2(CCCN(c3ncc(OC)cn3)C2)CCC1=O. The highest BCUT2D eigenvalue weighted by Crippen LogP contribution is 2.39. The van der Waals surface area contributed by atoms with E-state index in [0.29, 0.717) is 25.3 Å². The first-order chi connectivity index (χ1) is 11.7. The fourth-order valence-electron chi connectivity index (χ4n) is 3.80. The van der Waals surface area contributed by atoms with Crippen LogP contribution in [0.25, 0.3) is 0 Å². The molecule has 0 aliphatic carbocycles. The first kappa shape index (κ1) is 17.0. The van der Waals surface area contributed by atoms with Crippen LogP contribution in [0.5, 0.6) is 5.75 Å². The third kappa shape index (κ3) is 3.61. The van der Waals surface area contributed by atoms with E-state index in [-0.39, 0.29) is 11.3 Å². The molecule has 1 amide bonds. The molecule has 0 radical (unpaired) electrons. The fraction of sp³-hybridized carbons (Fsp3) is 0.706. The number of likely N-dealkylation sites (tertiary alicyclic amines) is 1. The highest BCUT2D eigenvalue weighted by Gasteiger charge is 2.42. The monoisotopic (exact) mass is 334 g/mol.